The molecule has 4 nitrogen and oxygen atoms in total. The van der Waals surface area contributed by atoms with Gasteiger partial charge in [0.05, 0.1) is 11.5 Å². The Hall–Kier alpha value is -0.130. The van der Waals surface area contributed by atoms with Crippen LogP contribution in [-0.4, -0.2) is 51.0 Å². The zero-order valence-corrected chi connectivity index (χ0v) is 10.5. The molecule has 15 heavy (non-hydrogen) atoms. The molecule has 0 atom stereocenters. The molecule has 1 aliphatic rings. The van der Waals surface area contributed by atoms with Gasteiger partial charge in [0.15, 0.2) is 9.84 Å². The maximum atomic E-state index is 11.2. The first kappa shape index (κ1) is 12.9. The second-order valence-corrected chi connectivity index (χ2v) is 7.42. The fraction of sp³-hybridized carbons (Fsp3) is 1.00. The monoisotopic (exact) mass is 234 g/mol. The first-order chi connectivity index (χ1) is 6.85. The van der Waals surface area contributed by atoms with Crippen LogP contribution in [0, 0.1) is 5.41 Å². The van der Waals surface area contributed by atoms with Gasteiger partial charge in [-0.05, 0) is 24.9 Å². The van der Waals surface area contributed by atoms with Crippen molar-refractivity contribution in [2.24, 2.45) is 11.1 Å². The molecule has 0 radical (unpaired) electrons. The summed E-state index contributed by atoms with van der Waals surface area (Å²) >= 11 is 0. The minimum atomic E-state index is -2.74. The normalized spacial score (nSPS) is 22.9. The summed E-state index contributed by atoms with van der Waals surface area (Å²) in [5.41, 5.74) is 5.81. The summed E-state index contributed by atoms with van der Waals surface area (Å²) in [7, 11) is -2.74. The third-order valence-corrected chi connectivity index (χ3v) is 4.70. The van der Waals surface area contributed by atoms with Gasteiger partial charge in [0.25, 0.3) is 0 Å². The van der Waals surface area contributed by atoms with Crippen LogP contribution in [0.25, 0.3) is 0 Å². The van der Waals surface area contributed by atoms with Gasteiger partial charge in [-0.3, -0.25) is 0 Å². The van der Waals surface area contributed by atoms with E-state index in [1.165, 1.54) is 0 Å². The molecule has 0 aliphatic carbocycles. The van der Waals surface area contributed by atoms with E-state index in [0.29, 0.717) is 31.1 Å². The van der Waals surface area contributed by atoms with Gasteiger partial charge in [0.1, 0.15) is 0 Å². The van der Waals surface area contributed by atoms with Crippen LogP contribution in [0.1, 0.15) is 20.3 Å². The van der Waals surface area contributed by atoms with Crippen molar-refractivity contribution < 1.29 is 8.42 Å². The van der Waals surface area contributed by atoms with E-state index in [1.54, 1.807) is 0 Å². The second-order valence-electron chi connectivity index (χ2n) is 5.11. The van der Waals surface area contributed by atoms with Crippen molar-refractivity contribution in [2.75, 3.05) is 37.7 Å². The molecule has 0 aromatic carbocycles. The van der Waals surface area contributed by atoms with Crippen LogP contribution in [-0.2, 0) is 9.84 Å². The smallest absolute Gasteiger partial charge is 0.152 e. The highest BCUT2D eigenvalue weighted by Gasteiger charge is 2.23. The molecular weight excluding hydrogens is 212 g/mol. The predicted molar refractivity (Wildman–Crippen MR) is 62.5 cm³/mol. The third-order valence-electron chi connectivity index (χ3n) is 3.09. The van der Waals surface area contributed by atoms with Gasteiger partial charge in [-0.25, -0.2) is 8.42 Å². The van der Waals surface area contributed by atoms with E-state index in [1.807, 2.05) is 0 Å². The average molecular weight is 234 g/mol. The summed E-state index contributed by atoms with van der Waals surface area (Å²) < 4.78 is 22.4. The zero-order valence-electron chi connectivity index (χ0n) is 9.70. The van der Waals surface area contributed by atoms with Gasteiger partial charge in [-0.2, -0.15) is 0 Å². The summed E-state index contributed by atoms with van der Waals surface area (Å²) in [6.07, 6.45) is 1.03. The number of rotatable bonds is 4. The van der Waals surface area contributed by atoms with Crippen molar-refractivity contribution >= 4 is 9.84 Å². The van der Waals surface area contributed by atoms with Crippen molar-refractivity contribution in [1.82, 2.24) is 4.90 Å². The van der Waals surface area contributed by atoms with Gasteiger partial charge in [0.2, 0.25) is 0 Å². The lowest BCUT2D eigenvalue weighted by molar-refractivity contribution is 0.233. The maximum Gasteiger partial charge on any atom is 0.152 e. The Bertz CT molecular complexity index is 285. The van der Waals surface area contributed by atoms with Crippen LogP contribution in [0.5, 0.6) is 0 Å². The lowest BCUT2D eigenvalue weighted by atomic mass is 9.89. The van der Waals surface area contributed by atoms with Gasteiger partial charge < -0.3 is 10.6 Å². The third kappa shape index (κ3) is 4.49. The van der Waals surface area contributed by atoms with Crippen molar-refractivity contribution in [2.45, 2.75) is 20.3 Å². The molecule has 0 spiro atoms. The second kappa shape index (κ2) is 4.80. The molecule has 0 aromatic rings. The quantitative estimate of drug-likeness (QED) is 0.749. The summed E-state index contributed by atoms with van der Waals surface area (Å²) in [6, 6.07) is 0. The first-order valence-corrected chi connectivity index (χ1v) is 7.30. The molecule has 0 aromatic heterocycles. The van der Waals surface area contributed by atoms with Crippen LogP contribution in [0.4, 0.5) is 0 Å². The van der Waals surface area contributed by atoms with E-state index in [2.05, 4.69) is 18.7 Å². The topological polar surface area (TPSA) is 63.4 Å². The standard InChI is InChI=1S/C10H22N2O2S/c1-10(2,9-11)3-4-12-5-7-15(13,14)8-6-12/h3-9,11H2,1-2H3. The predicted octanol–water partition coefficient (Wildman–Crippen LogP) is 0.0918. The van der Waals surface area contributed by atoms with E-state index in [0.717, 1.165) is 13.0 Å². The Morgan fingerprint density at radius 1 is 1.27 bits per heavy atom. The zero-order chi connectivity index (χ0) is 11.5. The fourth-order valence-corrected chi connectivity index (χ4v) is 2.81. The molecule has 1 heterocycles. The highest BCUT2D eigenvalue weighted by molar-refractivity contribution is 7.91. The Morgan fingerprint density at radius 2 is 1.80 bits per heavy atom. The summed E-state index contributed by atoms with van der Waals surface area (Å²) in [5.74, 6) is 0.631. The van der Waals surface area contributed by atoms with Crippen molar-refractivity contribution in [3.05, 3.63) is 0 Å². The van der Waals surface area contributed by atoms with E-state index < -0.39 is 9.84 Å². The maximum absolute atomic E-state index is 11.2. The number of hydrogen-bond acceptors (Lipinski definition) is 4. The van der Waals surface area contributed by atoms with E-state index in [-0.39, 0.29) is 5.41 Å². The number of nitrogens with zero attached hydrogens (tertiary/aromatic N) is 1. The van der Waals surface area contributed by atoms with Crippen molar-refractivity contribution in [3.63, 3.8) is 0 Å². The molecule has 0 unspecified atom stereocenters. The first-order valence-electron chi connectivity index (χ1n) is 5.47. The van der Waals surface area contributed by atoms with E-state index in [9.17, 15) is 8.42 Å². The molecule has 2 N–H and O–H groups in total. The largest absolute Gasteiger partial charge is 0.330 e. The van der Waals surface area contributed by atoms with Crippen LogP contribution >= 0.6 is 0 Å². The highest BCUT2D eigenvalue weighted by Crippen LogP contribution is 2.19. The molecule has 0 amide bonds. The lowest BCUT2D eigenvalue weighted by Gasteiger charge is -2.30. The molecule has 1 aliphatic heterocycles. The molecule has 1 fully saturated rings. The van der Waals surface area contributed by atoms with Gasteiger partial charge in [0, 0.05) is 13.1 Å². The highest BCUT2D eigenvalue weighted by atomic mass is 32.2. The van der Waals surface area contributed by atoms with Crippen molar-refractivity contribution in [1.29, 1.82) is 0 Å². The molecule has 0 bridgehead atoms. The van der Waals surface area contributed by atoms with Crippen LogP contribution in [0.15, 0.2) is 0 Å². The Morgan fingerprint density at radius 3 is 2.27 bits per heavy atom. The molecule has 1 saturated heterocycles. The summed E-state index contributed by atoms with van der Waals surface area (Å²) in [4.78, 5) is 2.22. The van der Waals surface area contributed by atoms with Crippen LogP contribution < -0.4 is 5.73 Å². The van der Waals surface area contributed by atoms with E-state index in [4.69, 9.17) is 5.73 Å². The fourth-order valence-electron chi connectivity index (χ4n) is 1.54. The molecule has 5 heteroatoms. The SMILES string of the molecule is CC(C)(CN)CCN1CCS(=O)(=O)CC1. The summed E-state index contributed by atoms with van der Waals surface area (Å²) in [6.45, 7) is 7.30. The minimum Gasteiger partial charge on any atom is -0.330 e. The number of nitrogens with two attached hydrogens (primary N) is 1. The Balaban J connectivity index is 2.31. The molecule has 90 valence electrons. The van der Waals surface area contributed by atoms with Gasteiger partial charge in [-0.15, -0.1) is 0 Å². The van der Waals surface area contributed by atoms with Gasteiger partial charge >= 0.3 is 0 Å². The Kier molecular flexibility index (Phi) is 4.14. The van der Waals surface area contributed by atoms with Crippen LogP contribution in [0.2, 0.25) is 0 Å². The molecular formula is C10H22N2O2S. The van der Waals surface area contributed by atoms with Gasteiger partial charge in [-0.1, -0.05) is 13.8 Å². The van der Waals surface area contributed by atoms with E-state index >= 15 is 0 Å². The summed E-state index contributed by atoms with van der Waals surface area (Å²) in [5, 5.41) is 0. The molecule has 0 saturated carbocycles. The van der Waals surface area contributed by atoms with Crippen molar-refractivity contribution in [3.8, 4) is 0 Å². The van der Waals surface area contributed by atoms with Crippen LogP contribution in [0.3, 0.4) is 0 Å². The number of hydrogen-bond donors (Lipinski definition) is 1. The lowest BCUT2D eigenvalue weighted by Crippen LogP contribution is -2.42. The average Bonchev–Trinajstić information content (AvgIpc) is 2.16. The Labute approximate surface area is 92.7 Å². The molecule has 1 rings (SSSR count). The number of sulfone groups is 1. The minimum absolute atomic E-state index is 0.163.